The number of piperidine rings is 1. The summed E-state index contributed by atoms with van der Waals surface area (Å²) in [6.45, 7) is 4.42. The molecule has 1 saturated heterocycles. The van der Waals surface area contributed by atoms with Gasteiger partial charge in [-0.3, -0.25) is 4.99 Å². The SMILES string of the molecule is CNc1nccc(C2=NCc3nc(N4CCC(C)(N)CC4)cnc32)c1Cl. The fourth-order valence-corrected chi connectivity index (χ4v) is 3.66. The number of aliphatic imine (C=N–C) groups is 1. The number of pyridine rings is 1. The van der Waals surface area contributed by atoms with Gasteiger partial charge in [0.2, 0.25) is 0 Å². The van der Waals surface area contributed by atoms with Gasteiger partial charge in [0.1, 0.15) is 17.3 Å². The molecule has 1 fully saturated rings. The number of nitrogens with one attached hydrogen (secondary N) is 1. The van der Waals surface area contributed by atoms with Gasteiger partial charge in [0.15, 0.2) is 0 Å². The first-order valence-corrected chi connectivity index (χ1v) is 9.13. The molecule has 0 atom stereocenters. The van der Waals surface area contributed by atoms with Crippen LogP contribution < -0.4 is 16.0 Å². The Kier molecular flexibility index (Phi) is 4.28. The second-order valence-electron chi connectivity index (χ2n) is 7.10. The summed E-state index contributed by atoms with van der Waals surface area (Å²) in [6, 6.07) is 1.86. The molecule has 2 aliphatic heterocycles. The van der Waals surface area contributed by atoms with Gasteiger partial charge < -0.3 is 16.0 Å². The van der Waals surface area contributed by atoms with E-state index in [2.05, 4.69) is 32.1 Å². The van der Waals surface area contributed by atoms with Crippen LogP contribution in [0.5, 0.6) is 0 Å². The van der Waals surface area contributed by atoms with Crippen LogP contribution in [0.1, 0.15) is 36.7 Å². The van der Waals surface area contributed by atoms with Crippen molar-refractivity contribution in [1.82, 2.24) is 15.0 Å². The van der Waals surface area contributed by atoms with Gasteiger partial charge >= 0.3 is 0 Å². The minimum absolute atomic E-state index is 0.0833. The smallest absolute Gasteiger partial charge is 0.147 e. The predicted molar refractivity (Wildman–Crippen MR) is 104 cm³/mol. The topological polar surface area (TPSA) is 92.3 Å². The molecule has 0 saturated carbocycles. The standard InChI is InChI=1S/C18H22ClN7/c1-18(20)4-7-26(8-5-18)13-10-24-16-12(25-13)9-23-15(16)11-3-6-22-17(21-2)14(11)19/h3,6,10H,4-5,7-9,20H2,1-2H3,(H,21,22). The number of anilines is 2. The van der Waals surface area contributed by atoms with Gasteiger partial charge in [-0.2, -0.15) is 0 Å². The Morgan fingerprint density at radius 2 is 2.04 bits per heavy atom. The van der Waals surface area contributed by atoms with E-state index >= 15 is 0 Å². The monoisotopic (exact) mass is 371 g/mol. The normalized spacial score (nSPS) is 18.5. The van der Waals surface area contributed by atoms with Crippen molar-refractivity contribution in [3.63, 3.8) is 0 Å². The molecule has 4 heterocycles. The van der Waals surface area contributed by atoms with E-state index in [1.54, 1.807) is 13.2 Å². The summed E-state index contributed by atoms with van der Waals surface area (Å²) in [5.74, 6) is 1.52. The maximum atomic E-state index is 6.46. The number of rotatable bonds is 3. The molecule has 26 heavy (non-hydrogen) atoms. The fourth-order valence-electron chi connectivity index (χ4n) is 3.37. The van der Waals surface area contributed by atoms with E-state index in [-0.39, 0.29) is 5.54 Å². The first-order chi connectivity index (χ1) is 12.5. The van der Waals surface area contributed by atoms with Crippen LogP contribution in [0.15, 0.2) is 23.5 Å². The van der Waals surface area contributed by atoms with Crippen molar-refractivity contribution in [3.8, 4) is 0 Å². The molecule has 4 rings (SSSR count). The lowest BCUT2D eigenvalue weighted by Crippen LogP contribution is -2.48. The molecule has 7 nitrogen and oxygen atoms in total. The van der Waals surface area contributed by atoms with Gasteiger partial charge in [-0.1, -0.05) is 11.6 Å². The van der Waals surface area contributed by atoms with Crippen LogP contribution in [0.2, 0.25) is 5.02 Å². The lowest BCUT2D eigenvalue weighted by atomic mass is 9.91. The molecule has 0 unspecified atom stereocenters. The highest BCUT2D eigenvalue weighted by Gasteiger charge is 2.28. The van der Waals surface area contributed by atoms with Gasteiger partial charge in [-0.15, -0.1) is 0 Å². The Balaban J connectivity index is 1.61. The van der Waals surface area contributed by atoms with Crippen LogP contribution in [-0.4, -0.2) is 46.3 Å². The zero-order chi connectivity index (χ0) is 18.3. The Morgan fingerprint density at radius 1 is 1.27 bits per heavy atom. The maximum Gasteiger partial charge on any atom is 0.147 e. The highest BCUT2D eigenvalue weighted by molar-refractivity contribution is 6.37. The largest absolute Gasteiger partial charge is 0.372 e. The van der Waals surface area contributed by atoms with Gasteiger partial charge in [0.05, 0.1) is 29.2 Å². The number of nitrogens with zero attached hydrogens (tertiary/aromatic N) is 5. The van der Waals surface area contributed by atoms with Gasteiger partial charge in [-0.25, -0.2) is 15.0 Å². The third-order valence-corrected chi connectivity index (χ3v) is 5.44. The van der Waals surface area contributed by atoms with Crippen molar-refractivity contribution in [3.05, 3.63) is 40.4 Å². The molecular weight excluding hydrogens is 350 g/mol. The minimum Gasteiger partial charge on any atom is -0.372 e. The summed E-state index contributed by atoms with van der Waals surface area (Å²) >= 11 is 6.46. The Morgan fingerprint density at radius 3 is 2.77 bits per heavy atom. The van der Waals surface area contributed by atoms with Crippen molar-refractivity contribution in [1.29, 1.82) is 0 Å². The average Bonchev–Trinajstić information content (AvgIpc) is 3.05. The summed E-state index contributed by atoms with van der Waals surface area (Å²) in [7, 11) is 1.79. The molecule has 2 aromatic rings. The molecule has 2 aliphatic rings. The van der Waals surface area contributed by atoms with Crippen LogP contribution in [0.4, 0.5) is 11.6 Å². The summed E-state index contributed by atoms with van der Waals surface area (Å²) < 4.78 is 0. The van der Waals surface area contributed by atoms with Gasteiger partial charge in [0, 0.05) is 37.4 Å². The van der Waals surface area contributed by atoms with Gasteiger partial charge in [0.25, 0.3) is 0 Å². The molecule has 0 radical (unpaired) electrons. The number of nitrogens with two attached hydrogens (primary N) is 1. The quantitative estimate of drug-likeness (QED) is 0.859. The molecule has 3 N–H and O–H groups in total. The third kappa shape index (κ3) is 3.01. The highest BCUT2D eigenvalue weighted by atomic mass is 35.5. The molecule has 0 bridgehead atoms. The number of fused-ring (bicyclic) bond motifs is 1. The van der Waals surface area contributed by atoms with Crippen LogP contribution in [-0.2, 0) is 6.54 Å². The third-order valence-electron chi connectivity index (χ3n) is 5.05. The van der Waals surface area contributed by atoms with E-state index in [1.807, 2.05) is 12.3 Å². The first kappa shape index (κ1) is 17.2. The molecule has 0 aliphatic carbocycles. The summed E-state index contributed by atoms with van der Waals surface area (Å²) in [6.07, 6.45) is 5.44. The number of hydrogen-bond acceptors (Lipinski definition) is 7. The second-order valence-corrected chi connectivity index (χ2v) is 7.48. The van der Waals surface area contributed by atoms with Crippen molar-refractivity contribution >= 4 is 28.9 Å². The molecule has 136 valence electrons. The van der Waals surface area contributed by atoms with Crippen LogP contribution in [0, 0.1) is 0 Å². The number of halogens is 1. The molecule has 0 spiro atoms. The van der Waals surface area contributed by atoms with Crippen molar-refractivity contribution in [2.75, 3.05) is 30.4 Å². The van der Waals surface area contributed by atoms with Crippen LogP contribution >= 0.6 is 11.6 Å². The molecule has 8 heteroatoms. The Labute approximate surface area is 157 Å². The zero-order valence-corrected chi connectivity index (χ0v) is 15.7. The van der Waals surface area contributed by atoms with Crippen molar-refractivity contribution in [2.24, 2.45) is 10.7 Å². The number of hydrogen-bond donors (Lipinski definition) is 2. The average molecular weight is 372 g/mol. The van der Waals surface area contributed by atoms with Crippen molar-refractivity contribution < 1.29 is 0 Å². The Hall–Kier alpha value is -2.25. The molecule has 0 aromatic carbocycles. The predicted octanol–water partition coefficient (Wildman–Crippen LogP) is 2.24. The lowest BCUT2D eigenvalue weighted by molar-refractivity contribution is 0.363. The van der Waals surface area contributed by atoms with Crippen LogP contribution in [0.25, 0.3) is 0 Å². The minimum atomic E-state index is -0.0833. The van der Waals surface area contributed by atoms with E-state index in [0.717, 1.165) is 54.4 Å². The molecule has 0 amide bonds. The lowest BCUT2D eigenvalue weighted by Gasteiger charge is -2.37. The van der Waals surface area contributed by atoms with E-state index in [9.17, 15) is 0 Å². The van der Waals surface area contributed by atoms with E-state index in [1.165, 1.54) is 0 Å². The molecular formula is C18H22ClN7. The van der Waals surface area contributed by atoms with Crippen molar-refractivity contribution in [2.45, 2.75) is 31.8 Å². The van der Waals surface area contributed by atoms with E-state index in [0.29, 0.717) is 17.4 Å². The fraction of sp³-hybridized carbons (Fsp3) is 0.444. The zero-order valence-electron chi connectivity index (χ0n) is 15.0. The van der Waals surface area contributed by atoms with E-state index < -0.39 is 0 Å². The summed E-state index contributed by atoms with van der Waals surface area (Å²) in [5.41, 5.74) is 9.42. The molecule has 2 aromatic heterocycles. The first-order valence-electron chi connectivity index (χ1n) is 8.76. The highest BCUT2D eigenvalue weighted by Crippen LogP contribution is 2.30. The second kappa shape index (κ2) is 6.48. The number of aromatic nitrogens is 3. The summed E-state index contributed by atoms with van der Waals surface area (Å²) in [5, 5.41) is 3.54. The van der Waals surface area contributed by atoms with E-state index in [4.69, 9.17) is 22.3 Å². The van der Waals surface area contributed by atoms with Crippen LogP contribution in [0.3, 0.4) is 0 Å². The maximum absolute atomic E-state index is 6.46. The van der Waals surface area contributed by atoms with Gasteiger partial charge in [-0.05, 0) is 25.8 Å². The summed E-state index contributed by atoms with van der Waals surface area (Å²) in [4.78, 5) is 20.6. The Bertz CT molecular complexity index is 868.